The molecule has 0 amide bonds. The summed E-state index contributed by atoms with van der Waals surface area (Å²) in [5, 5.41) is 0.807. The van der Waals surface area contributed by atoms with E-state index in [-0.39, 0.29) is 5.43 Å². The summed E-state index contributed by atoms with van der Waals surface area (Å²) in [4.78, 5) is 13.1. The van der Waals surface area contributed by atoms with Crippen molar-refractivity contribution in [3.8, 4) is 10.4 Å². The molecule has 2 heteroatoms. The van der Waals surface area contributed by atoms with Gasteiger partial charge in [0.05, 0.1) is 0 Å². The minimum absolute atomic E-state index is 0.101. The number of fused-ring (bicyclic) bond motifs is 1. The first-order valence-corrected chi connectivity index (χ1v) is 7.22. The van der Waals surface area contributed by atoms with Crippen LogP contribution in [0.2, 0.25) is 0 Å². The van der Waals surface area contributed by atoms with Crippen molar-refractivity contribution in [3.05, 3.63) is 70.4 Å². The van der Waals surface area contributed by atoms with Crippen molar-refractivity contribution in [1.82, 2.24) is 0 Å². The Bertz CT molecular complexity index is 769. The molecule has 1 nitrogen and oxygen atoms in total. The minimum atomic E-state index is 0.101. The van der Waals surface area contributed by atoms with E-state index in [4.69, 9.17) is 0 Å². The van der Waals surface area contributed by atoms with Crippen molar-refractivity contribution < 1.29 is 0 Å². The highest BCUT2D eigenvalue weighted by atomic mass is 32.1. The molecule has 0 spiro atoms. The zero-order valence-corrected chi connectivity index (χ0v) is 11.5. The van der Waals surface area contributed by atoms with Crippen LogP contribution in [0.3, 0.4) is 0 Å². The molecule has 94 valence electrons. The van der Waals surface area contributed by atoms with E-state index in [0.717, 1.165) is 26.9 Å². The van der Waals surface area contributed by atoms with Crippen LogP contribution in [-0.2, 0) is 6.42 Å². The predicted molar refractivity (Wildman–Crippen MR) is 82.9 cm³/mol. The van der Waals surface area contributed by atoms with Crippen LogP contribution in [0.4, 0.5) is 0 Å². The molecule has 0 fully saturated rings. The summed E-state index contributed by atoms with van der Waals surface area (Å²) in [5.74, 6) is 0. The first-order valence-electron chi connectivity index (χ1n) is 6.40. The average Bonchev–Trinajstić information content (AvgIpc) is 2.47. The van der Waals surface area contributed by atoms with Gasteiger partial charge in [-0.05, 0) is 29.7 Å². The molecule has 0 radical (unpaired) electrons. The molecule has 3 aromatic rings. The second-order valence-corrected chi connectivity index (χ2v) is 5.61. The standard InChI is InChI=1S/C17H14OS/c1-2-12-7-9-13(10-8-12)17-11-15(18)14-5-3-4-6-16(14)19-17/h3-11H,2H2,1H3. The monoisotopic (exact) mass is 266 g/mol. The summed E-state index contributed by atoms with van der Waals surface area (Å²) in [5.41, 5.74) is 2.53. The molecule has 0 bridgehead atoms. The fourth-order valence-corrected chi connectivity index (χ4v) is 3.23. The third kappa shape index (κ3) is 2.32. The van der Waals surface area contributed by atoms with E-state index in [1.807, 2.05) is 24.3 Å². The van der Waals surface area contributed by atoms with Crippen LogP contribution in [-0.4, -0.2) is 0 Å². The molecule has 1 heterocycles. The largest absolute Gasteiger partial charge is 0.289 e. The summed E-state index contributed by atoms with van der Waals surface area (Å²) in [6, 6.07) is 18.0. The molecule has 0 saturated carbocycles. The molecule has 0 unspecified atom stereocenters. The van der Waals surface area contributed by atoms with Gasteiger partial charge >= 0.3 is 0 Å². The topological polar surface area (TPSA) is 17.1 Å². The van der Waals surface area contributed by atoms with Crippen LogP contribution in [0.25, 0.3) is 20.5 Å². The molecule has 0 aliphatic rings. The van der Waals surface area contributed by atoms with Crippen molar-refractivity contribution in [2.45, 2.75) is 13.3 Å². The van der Waals surface area contributed by atoms with Gasteiger partial charge in [-0.25, -0.2) is 0 Å². The fraction of sp³-hybridized carbons (Fsp3) is 0.118. The zero-order valence-electron chi connectivity index (χ0n) is 10.7. The van der Waals surface area contributed by atoms with E-state index in [2.05, 4.69) is 31.2 Å². The number of rotatable bonds is 2. The van der Waals surface area contributed by atoms with Crippen LogP contribution in [0, 0.1) is 0 Å². The van der Waals surface area contributed by atoms with Gasteiger partial charge in [-0.15, -0.1) is 11.3 Å². The van der Waals surface area contributed by atoms with Crippen LogP contribution in [0.5, 0.6) is 0 Å². The molecule has 2 aromatic carbocycles. The summed E-state index contributed by atoms with van der Waals surface area (Å²) in [7, 11) is 0. The van der Waals surface area contributed by atoms with Gasteiger partial charge in [0.2, 0.25) is 0 Å². The van der Waals surface area contributed by atoms with Crippen LogP contribution in [0.1, 0.15) is 12.5 Å². The van der Waals surface area contributed by atoms with Gasteiger partial charge in [0.1, 0.15) is 0 Å². The Labute approximate surface area is 116 Å². The maximum absolute atomic E-state index is 12.1. The Morgan fingerprint density at radius 2 is 1.74 bits per heavy atom. The predicted octanol–water partition coefficient (Wildman–Crippen LogP) is 4.49. The second kappa shape index (κ2) is 4.98. The first kappa shape index (κ1) is 12.1. The molecule has 0 atom stereocenters. The van der Waals surface area contributed by atoms with E-state index in [1.54, 1.807) is 17.4 Å². The Morgan fingerprint density at radius 1 is 1.00 bits per heavy atom. The molecule has 0 N–H and O–H groups in total. The van der Waals surface area contributed by atoms with Crippen LogP contribution < -0.4 is 5.43 Å². The molecule has 0 saturated heterocycles. The smallest absolute Gasteiger partial charge is 0.188 e. The molecule has 0 aliphatic heterocycles. The maximum atomic E-state index is 12.1. The van der Waals surface area contributed by atoms with Crippen molar-refractivity contribution in [2.24, 2.45) is 0 Å². The summed E-state index contributed by atoms with van der Waals surface area (Å²) >= 11 is 1.67. The van der Waals surface area contributed by atoms with E-state index < -0.39 is 0 Å². The van der Waals surface area contributed by atoms with E-state index in [1.165, 1.54) is 5.56 Å². The van der Waals surface area contributed by atoms with E-state index >= 15 is 0 Å². The lowest BCUT2D eigenvalue weighted by molar-refractivity contribution is 1.14. The molecule has 0 aliphatic carbocycles. The van der Waals surface area contributed by atoms with Gasteiger partial charge in [0.15, 0.2) is 5.43 Å². The number of benzene rings is 2. The van der Waals surface area contributed by atoms with Gasteiger partial charge in [-0.3, -0.25) is 4.79 Å². The van der Waals surface area contributed by atoms with E-state index in [9.17, 15) is 4.79 Å². The van der Waals surface area contributed by atoms with Gasteiger partial charge in [-0.1, -0.05) is 43.3 Å². The summed E-state index contributed by atoms with van der Waals surface area (Å²) in [6.07, 6.45) is 1.04. The molecular formula is C17H14OS. The maximum Gasteiger partial charge on any atom is 0.188 e. The third-order valence-electron chi connectivity index (χ3n) is 3.28. The second-order valence-electron chi connectivity index (χ2n) is 4.52. The lowest BCUT2D eigenvalue weighted by atomic mass is 10.1. The first-order chi connectivity index (χ1) is 9.28. The third-order valence-corrected chi connectivity index (χ3v) is 4.43. The molecule has 3 rings (SSSR count). The molecule has 1 aromatic heterocycles. The van der Waals surface area contributed by atoms with Crippen molar-refractivity contribution in [2.75, 3.05) is 0 Å². The number of aryl methyl sites for hydroxylation is 1. The molecule has 19 heavy (non-hydrogen) atoms. The molecular weight excluding hydrogens is 252 g/mol. The Kier molecular flexibility index (Phi) is 3.18. The van der Waals surface area contributed by atoms with Gasteiger partial charge < -0.3 is 0 Å². The summed E-state index contributed by atoms with van der Waals surface area (Å²) < 4.78 is 1.05. The zero-order chi connectivity index (χ0) is 13.2. The normalized spacial score (nSPS) is 10.8. The van der Waals surface area contributed by atoms with Crippen molar-refractivity contribution in [1.29, 1.82) is 0 Å². The highest BCUT2D eigenvalue weighted by Gasteiger charge is 2.04. The quantitative estimate of drug-likeness (QED) is 0.668. The highest BCUT2D eigenvalue weighted by Crippen LogP contribution is 2.28. The fourth-order valence-electron chi connectivity index (χ4n) is 2.15. The number of hydrogen-bond acceptors (Lipinski definition) is 2. The Balaban J connectivity index is 2.16. The van der Waals surface area contributed by atoms with E-state index in [0.29, 0.717) is 0 Å². The Morgan fingerprint density at radius 3 is 2.47 bits per heavy atom. The van der Waals surface area contributed by atoms with Crippen molar-refractivity contribution in [3.63, 3.8) is 0 Å². The van der Waals surface area contributed by atoms with Gasteiger partial charge in [-0.2, -0.15) is 0 Å². The minimum Gasteiger partial charge on any atom is -0.289 e. The van der Waals surface area contributed by atoms with Gasteiger partial charge in [0.25, 0.3) is 0 Å². The van der Waals surface area contributed by atoms with Crippen molar-refractivity contribution >= 4 is 21.4 Å². The number of hydrogen-bond donors (Lipinski definition) is 0. The lowest BCUT2D eigenvalue weighted by Crippen LogP contribution is -1.98. The highest BCUT2D eigenvalue weighted by molar-refractivity contribution is 7.21. The lowest BCUT2D eigenvalue weighted by Gasteiger charge is -2.04. The average molecular weight is 266 g/mol. The summed E-state index contributed by atoms with van der Waals surface area (Å²) in [6.45, 7) is 2.14. The SMILES string of the molecule is CCc1ccc(-c2cc(=O)c3ccccc3s2)cc1. The van der Waals surface area contributed by atoms with Gasteiger partial charge in [0, 0.05) is 21.0 Å². The van der Waals surface area contributed by atoms with Crippen LogP contribution in [0.15, 0.2) is 59.4 Å². The Hall–Kier alpha value is -1.93. The van der Waals surface area contributed by atoms with Crippen LogP contribution >= 0.6 is 11.3 Å².